The molecule has 2 aromatic rings. The van der Waals surface area contributed by atoms with Crippen LogP contribution in [0.15, 0.2) is 6.20 Å². The van der Waals surface area contributed by atoms with Gasteiger partial charge in [0.15, 0.2) is 5.78 Å². The number of fused-ring (bicyclic) bond motifs is 1. The van der Waals surface area contributed by atoms with Gasteiger partial charge in [0.05, 0.1) is 31.4 Å². The summed E-state index contributed by atoms with van der Waals surface area (Å²) in [6.45, 7) is 8.07. The van der Waals surface area contributed by atoms with Crippen LogP contribution in [-0.2, 0) is 17.9 Å². The Morgan fingerprint density at radius 2 is 1.91 bits per heavy atom. The monoisotopic (exact) mass is 458 g/mol. The molecule has 0 unspecified atom stereocenters. The van der Waals surface area contributed by atoms with Crippen LogP contribution >= 0.6 is 0 Å². The van der Waals surface area contributed by atoms with Crippen molar-refractivity contribution in [2.24, 2.45) is 11.3 Å². The zero-order chi connectivity index (χ0) is 24.3. The van der Waals surface area contributed by atoms with Crippen LogP contribution in [0.3, 0.4) is 0 Å². The number of carbonyl (C=O) groups excluding carboxylic acids is 2. The number of nitrogens with zero attached hydrogens (tertiary/aromatic N) is 5. The molecule has 0 saturated carbocycles. The molecule has 1 atom stereocenters. The normalized spacial score (nSPS) is 15.4. The van der Waals surface area contributed by atoms with Crippen LogP contribution in [-0.4, -0.2) is 71.0 Å². The lowest BCUT2D eigenvalue weighted by Crippen LogP contribution is -2.37. The summed E-state index contributed by atoms with van der Waals surface area (Å²) in [5.41, 5.74) is 1.42. The van der Waals surface area contributed by atoms with Gasteiger partial charge in [0, 0.05) is 32.8 Å². The van der Waals surface area contributed by atoms with Gasteiger partial charge < -0.3 is 24.3 Å². The van der Waals surface area contributed by atoms with E-state index in [1.54, 1.807) is 13.2 Å². The first-order chi connectivity index (χ1) is 15.6. The summed E-state index contributed by atoms with van der Waals surface area (Å²) in [6.07, 6.45) is 2.58. The fraction of sp³-hybridized carbons (Fsp3) is 0.609. The number of hydrogen-bond donors (Lipinski definition) is 1. The Kier molecular flexibility index (Phi) is 7.36. The number of carbonyl (C=O) groups is 2. The van der Waals surface area contributed by atoms with E-state index in [0.717, 1.165) is 18.7 Å². The first-order valence-corrected chi connectivity index (χ1v) is 11.1. The second-order valence-corrected chi connectivity index (χ2v) is 9.41. The molecule has 1 amide bonds. The first kappa shape index (κ1) is 24.6. The predicted octanol–water partition coefficient (Wildman–Crippen LogP) is 2.17. The Morgan fingerprint density at radius 1 is 1.18 bits per heavy atom. The number of ketones is 1. The van der Waals surface area contributed by atoms with Crippen molar-refractivity contribution in [2.45, 2.75) is 46.7 Å². The van der Waals surface area contributed by atoms with E-state index in [2.05, 4.69) is 24.8 Å². The van der Waals surface area contributed by atoms with Gasteiger partial charge in [-0.05, 0) is 25.4 Å². The summed E-state index contributed by atoms with van der Waals surface area (Å²) in [4.78, 5) is 41.6. The van der Waals surface area contributed by atoms with Gasteiger partial charge in [0.1, 0.15) is 11.5 Å². The number of rotatable bonds is 7. The third kappa shape index (κ3) is 5.16. The second-order valence-electron chi connectivity index (χ2n) is 9.41. The lowest BCUT2D eigenvalue weighted by atomic mass is 9.77. The largest absolute Gasteiger partial charge is 0.480 e. The van der Waals surface area contributed by atoms with Crippen molar-refractivity contribution >= 4 is 11.7 Å². The van der Waals surface area contributed by atoms with Gasteiger partial charge in [-0.1, -0.05) is 20.8 Å². The molecule has 0 fully saturated rings. The zero-order valence-corrected chi connectivity index (χ0v) is 20.6. The average molecular weight is 459 g/mol. The molecule has 0 saturated heterocycles. The fourth-order valence-electron chi connectivity index (χ4n) is 4.16. The quantitative estimate of drug-likeness (QED) is 0.629. The van der Waals surface area contributed by atoms with E-state index in [4.69, 9.17) is 14.5 Å². The van der Waals surface area contributed by atoms with Gasteiger partial charge in [-0.3, -0.25) is 9.59 Å². The number of amides is 1. The summed E-state index contributed by atoms with van der Waals surface area (Å²) < 4.78 is 12.6. The van der Waals surface area contributed by atoms with Crippen molar-refractivity contribution in [2.75, 3.05) is 34.9 Å². The molecule has 0 bridgehead atoms. The summed E-state index contributed by atoms with van der Waals surface area (Å²) in [5.74, 6) is 0.124. The molecular weight excluding hydrogens is 424 g/mol. The van der Waals surface area contributed by atoms with Gasteiger partial charge in [-0.15, -0.1) is 0 Å². The number of ether oxygens (including phenoxy) is 2. The molecule has 0 aromatic carbocycles. The molecule has 180 valence electrons. The minimum Gasteiger partial charge on any atom is -0.480 e. The van der Waals surface area contributed by atoms with E-state index in [0.29, 0.717) is 36.1 Å². The standard InChI is InChI=1S/C23H34N6O4/c1-23(2,3)15(20(31)24-4)11-17(30)18-16-13-28(5)9-8-10-29(16)19(26-18)14-12-25-22(33-7)27-21(14)32-6/h12,15H,8-11,13H2,1-7H3,(H,24,31)/t15-/m1/s1. The molecule has 2 aromatic heterocycles. The molecule has 1 aliphatic heterocycles. The molecule has 33 heavy (non-hydrogen) atoms. The second kappa shape index (κ2) is 9.86. The zero-order valence-electron chi connectivity index (χ0n) is 20.6. The molecule has 3 heterocycles. The van der Waals surface area contributed by atoms with Crippen molar-refractivity contribution in [3.05, 3.63) is 17.6 Å². The number of methoxy groups -OCH3 is 2. The number of aromatic nitrogens is 4. The number of hydrogen-bond acceptors (Lipinski definition) is 8. The lowest BCUT2D eigenvalue weighted by molar-refractivity contribution is -0.127. The number of Topliss-reactive ketones (excluding diaryl/α,β-unsaturated/α-hetero) is 1. The van der Waals surface area contributed by atoms with Crippen LogP contribution in [0.25, 0.3) is 11.4 Å². The van der Waals surface area contributed by atoms with E-state index in [9.17, 15) is 9.59 Å². The molecule has 0 aliphatic carbocycles. The van der Waals surface area contributed by atoms with Crippen LogP contribution in [0.2, 0.25) is 0 Å². The Balaban J connectivity index is 2.11. The molecule has 10 nitrogen and oxygen atoms in total. The summed E-state index contributed by atoms with van der Waals surface area (Å²) in [6, 6.07) is 0.188. The van der Waals surface area contributed by atoms with Crippen LogP contribution < -0.4 is 14.8 Å². The van der Waals surface area contributed by atoms with Gasteiger partial charge in [-0.25, -0.2) is 9.97 Å². The van der Waals surface area contributed by atoms with Gasteiger partial charge in [-0.2, -0.15) is 4.98 Å². The maximum absolute atomic E-state index is 13.6. The third-order valence-electron chi connectivity index (χ3n) is 6.02. The number of imidazole rings is 1. The van der Waals surface area contributed by atoms with E-state index in [1.807, 2.05) is 27.8 Å². The minimum absolute atomic E-state index is 0.0760. The van der Waals surface area contributed by atoms with Crippen LogP contribution in [0.4, 0.5) is 0 Å². The molecule has 3 rings (SSSR count). The lowest BCUT2D eigenvalue weighted by Gasteiger charge is -2.28. The predicted molar refractivity (Wildman–Crippen MR) is 123 cm³/mol. The maximum atomic E-state index is 13.6. The van der Waals surface area contributed by atoms with Crippen molar-refractivity contribution in [1.29, 1.82) is 0 Å². The van der Waals surface area contributed by atoms with Crippen molar-refractivity contribution < 1.29 is 19.1 Å². The summed E-state index contributed by atoms with van der Waals surface area (Å²) >= 11 is 0. The molecule has 10 heteroatoms. The van der Waals surface area contributed by atoms with Gasteiger partial charge in [0.2, 0.25) is 11.8 Å². The topological polar surface area (TPSA) is 111 Å². The van der Waals surface area contributed by atoms with Crippen molar-refractivity contribution in [3.63, 3.8) is 0 Å². The Morgan fingerprint density at radius 3 is 2.52 bits per heavy atom. The highest BCUT2D eigenvalue weighted by Crippen LogP contribution is 2.34. The van der Waals surface area contributed by atoms with E-state index < -0.39 is 5.92 Å². The van der Waals surface area contributed by atoms with Gasteiger partial charge >= 0.3 is 6.01 Å². The summed E-state index contributed by atoms with van der Waals surface area (Å²) in [7, 11) is 6.63. The molecule has 1 N–H and O–H groups in total. The highest BCUT2D eigenvalue weighted by molar-refractivity contribution is 5.99. The fourth-order valence-corrected chi connectivity index (χ4v) is 4.16. The molecule has 0 radical (unpaired) electrons. The van der Waals surface area contributed by atoms with Crippen molar-refractivity contribution in [1.82, 2.24) is 29.7 Å². The highest BCUT2D eigenvalue weighted by atomic mass is 16.5. The van der Waals surface area contributed by atoms with Crippen LogP contribution in [0.5, 0.6) is 11.9 Å². The van der Waals surface area contributed by atoms with Crippen LogP contribution in [0.1, 0.15) is 49.8 Å². The molecule has 0 spiro atoms. The smallest absolute Gasteiger partial charge is 0.319 e. The average Bonchev–Trinajstić information content (AvgIpc) is 3.01. The van der Waals surface area contributed by atoms with E-state index in [-0.39, 0.29) is 29.5 Å². The van der Waals surface area contributed by atoms with Crippen molar-refractivity contribution in [3.8, 4) is 23.3 Å². The molecular formula is C23H34N6O4. The maximum Gasteiger partial charge on any atom is 0.319 e. The molecule has 1 aliphatic rings. The Labute approximate surface area is 194 Å². The van der Waals surface area contributed by atoms with Gasteiger partial charge in [0.25, 0.3) is 0 Å². The van der Waals surface area contributed by atoms with E-state index >= 15 is 0 Å². The highest BCUT2D eigenvalue weighted by Gasteiger charge is 2.35. The SMILES string of the molecule is CNC(=O)[C@@H](CC(=O)c1nc(-c2cnc(OC)nc2OC)n2c1CN(C)CCC2)C(C)(C)C. The first-order valence-electron chi connectivity index (χ1n) is 11.1. The number of nitrogens with one attached hydrogen (secondary N) is 1. The van der Waals surface area contributed by atoms with E-state index in [1.165, 1.54) is 14.2 Å². The minimum atomic E-state index is -0.474. The summed E-state index contributed by atoms with van der Waals surface area (Å²) in [5, 5.41) is 2.69. The van der Waals surface area contributed by atoms with Crippen LogP contribution in [0, 0.1) is 11.3 Å². The Bertz CT molecular complexity index is 1030. The Hall–Kier alpha value is -3.01. The third-order valence-corrected chi connectivity index (χ3v) is 6.02.